The predicted octanol–water partition coefficient (Wildman–Crippen LogP) is 3.91. The number of methoxy groups -OCH3 is 1. The second-order valence-corrected chi connectivity index (χ2v) is 12.1. The maximum atomic E-state index is 14.1. The highest BCUT2D eigenvalue weighted by Gasteiger charge is 2.70. The summed E-state index contributed by atoms with van der Waals surface area (Å²) in [4.78, 5) is 66.0. The van der Waals surface area contributed by atoms with Gasteiger partial charge in [0.2, 0.25) is 6.10 Å². The third kappa shape index (κ3) is 3.46. The van der Waals surface area contributed by atoms with E-state index in [1.165, 1.54) is 20.3 Å². The van der Waals surface area contributed by atoms with Gasteiger partial charge in [0.1, 0.15) is 11.9 Å². The van der Waals surface area contributed by atoms with Crippen molar-refractivity contribution in [2.75, 3.05) is 7.11 Å². The number of ether oxygens (including phenoxy) is 3. The molecule has 5 rings (SSSR count). The minimum Gasteiger partial charge on any atom is -0.472 e. The van der Waals surface area contributed by atoms with Gasteiger partial charge in [0.25, 0.3) is 0 Å². The normalized spacial score (nSPS) is 36.5. The van der Waals surface area contributed by atoms with Crippen molar-refractivity contribution in [2.24, 2.45) is 34.0 Å². The van der Waals surface area contributed by atoms with Crippen molar-refractivity contribution in [3.63, 3.8) is 0 Å². The molecule has 1 aliphatic heterocycles. The van der Waals surface area contributed by atoms with Crippen LogP contribution in [0.5, 0.6) is 0 Å². The first kappa shape index (κ1) is 26.4. The molecule has 3 aliphatic carbocycles. The summed E-state index contributed by atoms with van der Waals surface area (Å²) in [7, 11) is 1.19. The molecule has 2 saturated carbocycles. The zero-order valence-corrected chi connectivity index (χ0v) is 22.6. The van der Waals surface area contributed by atoms with E-state index >= 15 is 0 Å². The molecular weight excluding hydrogens is 492 g/mol. The van der Waals surface area contributed by atoms with Crippen molar-refractivity contribution in [3.05, 3.63) is 35.3 Å². The maximum absolute atomic E-state index is 14.1. The fraction of sp³-hybridized carbons (Fsp3) is 0.621. The molecule has 1 aromatic rings. The molecule has 9 nitrogen and oxygen atoms in total. The average Bonchev–Trinajstić information content (AvgIpc) is 3.38. The summed E-state index contributed by atoms with van der Waals surface area (Å²) >= 11 is 0. The number of fused-ring (bicyclic) bond motifs is 5. The number of cyclic esters (lactones) is 1. The summed E-state index contributed by atoms with van der Waals surface area (Å²) in [5.41, 5.74) is -0.329. The Morgan fingerprint density at radius 1 is 1.11 bits per heavy atom. The van der Waals surface area contributed by atoms with E-state index in [2.05, 4.69) is 6.92 Å². The van der Waals surface area contributed by atoms with Crippen molar-refractivity contribution >= 4 is 29.5 Å². The van der Waals surface area contributed by atoms with Crippen LogP contribution in [0.4, 0.5) is 0 Å². The standard InChI is InChI=1S/C29H34O9/c1-14(30)37-21(26(34)35-6)22-27(2,3)23(32)17-11-16-18(29(22,5)24(17)33)7-9-28(4)19(16)12-20(31)38-25(28)15-8-10-36-13-15/h8,10,13,17-18,21-22,25H,7,9,11-12H2,1-6H3/t17?,18-,21+,22-,25-,28+,29-/m0/s1. The molecule has 38 heavy (non-hydrogen) atoms. The zero-order chi connectivity index (χ0) is 27.8. The molecular formula is C29H34O9. The number of carbonyl (C=O) groups is 5. The summed E-state index contributed by atoms with van der Waals surface area (Å²) in [6.45, 7) is 8.47. The number of esters is 3. The maximum Gasteiger partial charge on any atom is 0.347 e. The van der Waals surface area contributed by atoms with Crippen molar-refractivity contribution in [3.8, 4) is 0 Å². The number of hydrogen-bond donors (Lipinski definition) is 0. The van der Waals surface area contributed by atoms with Crippen molar-refractivity contribution in [2.45, 2.75) is 72.5 Å². The molecule has 2 heterocycles. The zero-order valence-electron chi connectivity index (χ0n) is 22.6. The van der Waals surface area contributed by atoms with Gasteiger partial charge in [0, 0.05) is 34.7 Å². The third-order valence-electron chi connectivity index (χ3n) is 9.84. The molecule has 4 aliphatic rings. The molecule has 2 bridgehead atoms. The summed E-state index contributed by atoms with van der Waals surface area (Å²) in [6.07, 6.45) is 2.63. The lowest BCUT2D eigenvalue weighted by Crippen LogP contribution is -2.68. The topological polar surface area (TPSA) is 126 Å². The highest BCUT2D eigenvalue weighted by Crippen LogP contribution is 2.67. The predicted molar refractivity (Wildman–Crippen MR) is 131 cm³/mol. The van der Waals surface area contributed by atoms with Crippen LogP contribution in [0.3, 0.4) is 0 Å². The van der Waals surface area contributed by atoms with Crippen molar-refractivity contribution in [1.82, 2.24) is 0 Å². The molecule has 7 atom stereocenters. The minimum atomic E-state index is -1.43. The second kappa shape index (κ2) is 8.64. The van der Waals surface area contributed by atoms with Gasteiger partial charge in [-0.3, -0.25) is 19.2 Å². The average molecular weight is 527 g/mol. The number of furan rings is 1. The fourth-order valence-corrected chi connectivity index (χ4v) is 8.22. The Hall–Kier alpha value is -3.23. The van der Waals surface area contributed by atoms with Gasteiger partial charge in [-0.25, -0.2) is 4.79 Å². The van der Waals surface area contributed by atoms with Gasteiger partial charge in [-0.1, -0.05) is 33.3 Å². The smallest absolute Gasteiger partial charge is 0.347 e. The molecule has 0 aromatic carbocycles. The largest absolute Gasteiger partial charge is 0.472 e. The minimum absolute atomic E-state index is 0.0697. The molecule has 0 N–H and O–H groups in total. The van der Waals surface area contributed by atoms with E-state index in [0.29, 0.717) is 12.8 Å². The number of carbonyl (C=O) groups excluding carboxylic acids is 5. The van der Waals surface area contributed by atoms with E-state index in [0.717, 1.165) is 16.7 Å². The van der Waals surface area contributed by atoms with E-state index in [1.807, 2.05) is 0 Å². The summed E-state index contributed by atoms with van der Waals surface area (Å²) in [5.74, 6) is -4.62. The van der Waals surface area contributed by atoms with Crippen LogP contribution in [-0.2, 0) is 38.2 Å². The van der Waals surface area contributed by atoms with Crippen LogP contribution in [0.2, 0.25) is 0 Å². The van der Waals surface area contributed by atoms with Gasteiger partial charge in [-0.15, -0.1) is 0 Å². The molecule has 1 aromatic heterocycles. The van der Waals surface area contributed by atoms with Gasteiger partial charge in [0.05, 0.1) is 32.0 Å². The van der Waals surface area contributed by atoms with E-state index in [4.69, 9.17) is 18.6 Å². The number of ketones is 2. The van der Waals surface area contributed by atoms with Crippen LogP contribution in [0.15, 0.2) is 34.2 Å². The Morgan fingerprint density at radius 3 is 2.42 bits per heavy atom. The van der Waals surface area contributed by atoms with Gasteiger partial charge in [-0.05, 0) is 36.8 Å². The SMILES string of the molecule is COC(=O)[C@H](OC(C)=O)[C@H]1C(C)(C)C(=O)C2CC3=C4CC(=O)O[C@@H](c5ccoc5)[C@]4(C)CC[C@@H]3[C@]1(C)C2=O. The molecule has 0 amide bonds. The Bertz CT molecular complexity index is 1250. The van der Waals surface area contributed by atoms with E-state index in [9.17, 15) is 24.0 Å². The van der Waals surface area contributed by atoms with E-state index in [-0.39, 0.29) is 36.3 Å². The first-order valence-corrected chi connectivity index (χ1v) is 13.1. The number of hydrogen-bond acceptors (Lipinski definition) is 9. The Kier molecular flexibility index (Phi) is 6.00. The lowest BCUT2D eigenvalue weighted by Gasteiger charge is -2.61. The first-order valence-electron chi connectivity index (χ1n) is 13.1. The van der Waals surface area contributed by atoms with Crippen LogP contribution >= 0.6 is 0 Å². The van der Waals surface area contributed by atoms with Crippen LogP contribution in [0.1, 0.15) is 72.0 Å². The first-order chi connectivity index (χ1) is 17.8. The summed E-state index contributed by atoms with van der Waals surface area (Å²) in [5, 5.41) is 0. The Morgan fingerprint density at radius 2 is 1.82 bits per heavy atom. The molecule has 1 saturated heterocycles. The number of rotatable bonds is 4. The van der Waals surface area contributed by atoms with E-state index in [1.54, 1.807) is 33.1 Å². The number of allylic oxidation sites excluding steroid dienone is 1. The molecule has 1 unspecified atom stereocenters. The molecule has 204 valence electrons. The Balaban J connectivity index is 1.71. The highest BCUT2D eigenvalue weighted by atomic mass is 16.6. The van der Waals surface area contributed by atoms with Gasteiger partial charge >= 0.3 is 17.9 Å². The summed E-state index contributed by atoms with van der Waals surface area (Å²) < 4.78 is 21.6. The van der Waals surface area contributed by atoms with Crippen LogP contribution in [0.25, 0.3) is 0 Å². The fourth-order valence-electron chi connectivity index (χ4n) is 8.22. The van der Waals surface area contributed by atoms with E-state index < -0.39 is 52.2 Å². The quantitative estimate of drug-likeness (QED) is 0.248. The van der Waals surface area contributed by atoms with Crippen molar-refractivity contribution in [1.29, 1.82) is 0 Å². The molecule has 0 spiro atoms. The van der Waals surface area contributed by atoms with Gasteiger partial charge < -0.3 is 18.6 Å². The second-order valence-electron chi connectivity index (χ2n) is 12.1. The third-order valence-corrected chi connectivity index (χ3v) is 9.84. The van der Waals surface area contributed by atoms with Crippen molar-refractivity contribution < 1.29 is 42.6 Å². The molecule has 9 heteroatoms. The lowest BCUT2D eigenvalue weighted by atomic mass is 9.40. The van der Waals surface area contributed by atoms with Crippen LogP contribution in [-0.4, -0.2) is 42.7 Å². The Labute approximate surface area is 221 Å². The summed E-state index contributed by atoms with van der Waals surface area (Å²) in [6, 6.07) is 1.78. The molecule has 0 radical (unpaired) electrons. The lowest BCUT2D eigenvalue weighted by molar-refractivity contribution is -0.194. The number of Topliss-reactive ketones (excluding diaryl/α,β-unsaturated/α-hetero) is 2. The van der Waals surface area contributed by atoms with Gasteiger partial charge in [-0.2, -0.15) is 0 Å². The van der Waals surface area contributed by atoms with Gasteiger partial charge in [0.15, 0.2) is 5.78 Å². The monoisotopic (exact) mass is 526 g/mol. The highest BCUT2D eigenvalue weighted by molar-refractivity contribution is 6.11. The molecule has 3 fully saturated rings. The van der Waals surface area contributed by atoms with Crippen LogP contribution in [0, 0.1) is 34.0 Å². The van der Waals surface area contributed by atoms with Crippen LogP contribution < -0.4 is 0 Å².